The average molecular weight is 250 g/mol. The van der Waals surface area contributed by atoms with Gasteiger partial charge in [-0.25, -0.2) is 4.79 Å². The monoisotopic (exact) mass is 249 g/mol. The fourth-order valence-electron chi connectivity index (χ4n) is 1.41. The summed E-state index contributed by atoms with van der Waals surface area (Å²) >= 11 is 5.86. The minimum absolute atomic E-state index is 0.0196. The molecule has 0 saturated carbocycles. The van der Waals surface area contributed by atoms with Gasteiger partial charge in [0.2, 0.25) is 0 Å². The maximum atomic E-state index is 11.6. The van der Waals surface area contributed by atoms with Crippen molar-refractivity contribution in [2.75, 3.05) is 7.11 Å². The Balaban J connectivity index is 2.62. The fourth-order valence-corrected chi connectivity index (χ4v) is 1.63. The van der Waals surface area contributed by atoms with Crippen LogP contribution in [0.3, 0.4) is 0 Å². The molecule has 5 nitrogen and oxygen atoms in total. The Kier molecular flexibility index (Phi) is 3.30. The predicted molar refractivity (Wildman–Crippen MR) is 61.6 cm³/mol. The van der Waals surface area contributed by atoms with Gasteiger partial charge in [-0.15, -0.1) is 5.10 Å². The van der Waals surface area contributed by atoms with Crippen LogP contribution in [0.15, 0.2) is 30.7 Å². The van der Waals surface area contributed by atoms with Crippen LogP contribution in [0.1, 0.15) is 10.4 Å². The molecular weight excluding hydrogens is 242 g/mol. The van der Waals surface area contributed by atoms with E-state index in [9.17, 15) is 4.79 Å². The third-order valence-electron chi connectivity index (χ3n) is 2.19. The minimum atomic E-state index is -0.545. The molecule has 86 valence electrons. The van der Waals surface area contributed by atoms with Gasteiger partial charge < -0.3 is 4.74 Å². The van der Waals surface area contributed by atoms with E-state index in [4.69, 9.17) is 11.6 Å². The summed E-state index contributed by atoms with van der Waals surface area (Å²) in [5.41, 5.74) is 1.55. The van der Waals surface area contributed by atoms with Crippen LogP contribution < -0.4 is 0 Å². The van der Waals surface area contributed by atoms with Crippen molar-refractivity contribution in [3.63, 3.8) is 0 Å². The minimum Gasteiger partial charge on any atom is -0.465 e. The van der Waals surface area contributed by atoms with E-state index in [1.807, 2.05) is 0 Å². The van der Waals surface area contributed by atoms with Gasteiger partial charge >= 0.3 is 5.97 Å². The lowest BCUT2D eigenvalue weighted by atomic mass is 10.0. The van der Waals surface area contributed by atoms with Crippen molar-refractivity contribution in [3.05, 3.63) is 41.4 Å². The molecule has 6 heteroatoms. The van der Waals surface area contributed by atoms with Crippen LogP contribution in [-0.2, 0) is 4.74 Å². The Morgan fingerprint density at radius 3 is 2.71 bits per heavy atom. The molecule has 2 rings (SSSR count). The van der Waals surface area contributed by atoms with E-state index in [2.05, 4.69) is 19.9 Å². The molecule has 0 atom stereocenters. The third kappa shape index (κ3) is 2.24. The molecular formula is C11H8ClN3O2. The number of hydrogen-bond acceptors (Lipinski definition) is 5. The number of nitrogens with zero attached hydrogens (tertiary/aromatic N) is 3. The number of aromatic nitrogens is 3. The van der Waals surface area contributed by atoms with Crippen molar-refractivity contribution in [3.8, 4) is 11.1 Å². The summed E-state index contributed by atoms with van der Waals surface area (Å²) in [6.07, 6.45) is 4.70. The summed E-state index contributed by atoms with van der Waals surface area (Å²) in [5.74, 6) is -0.545. The van der Waals surface area contributed by atoms with Crippen LogP contribution in [0, 0.1) is 0 Å². The van der Waals surface area contributed by atoms with E-state index in [0.717, 1.165) is 5.56 Å². The third-order valence-corrected chi connectivity index (χ3v) is 2.45. The topological polar surface area (TPSA) is 65.0 Å². The van der Waals surface area contributed by atoms with Gasteiger partial charge in [-0.3, -0.25) is 4.98 Å². The fraction of sp³-hybridized carbons (Fsp3) is 0.0909. The zero-order chi connectivity index (χ0) is 12.3. The van der Waals surface area contributed by atoms with Crippen LogP contribution in [0.5, 0.6) is 0 Å². The van der Waals surface area contributed by atoms with Gasteiger partial charge in [-0.1, -0.05) is 11.6 Å². The number of esters is 1. The summed E-state index contributed by atoms with van der Waals surface area (Å²) < 4.78 is 4.67. The number of ether oxygens (including phenoxy) is 1. The van der Waals surface area contributed by atoms with Crippen LogP contribution in [0.4, 0.5) is 0 Å². The molecule has 0 aliphatic rings. The predicted octanol–water partition coefficient (Wildman–Crippen LogP) is 1.98. The molecule has 0 spiro atoms. The number of carbonyl (C=O) groups is 1. The first kappa shape index (κ1) is 11.5. The first-order valence-electron chi connectivity index (χ1n) is 4.74. The van der Waals surface area contributed by atoms with Gasteiger partial charge in [-0.2, -0.15) is 5.10 Å². The van der Waals surface area contributed by atoms with E-state index in [1.54, 1.807) is 24.5 Å². The zero-order valence-corrected chi connectivity index (χ0v) is 9.68. The molecule has 0 fully saturated rings. The van der Waals surface area contributed by atoms with Crippen molar-refractivity contribution in [2.45, 2.75) is 0 Å². The van der Waals surface area contributed by atoms with Gasteiger partial charge in [-0.05, 0) is 17.7 Å². The van der Waals surface area contributed by atoms with Crippen molar-refractivity contribution in [2.24, 2.45) is 0 Å². The van der Waals surface area contributed by atoms with Crippen LogP contribution in [0.25, 0.3) is 11.1 Å². The molecule has 0 aliphatic heterocycles. The molecule has 0 N–H and O–H groups in total. The summed E-state index contributed by atoms with van der Waals surface area (Å²) in [4.78, 5) is 15.5. The number of rotatable bonds is 2. The van der Waals surface area contributed by atoms with Gasteiger partial charge in [0.15, 0.2) is 5.15 Å². The number of pyridine rings is 1. The molecule has 0 saturated heterocycles. The first-order valence-corrected chi connectivity index (χ1v) is 5.11. The average Bonchev–Trinajstić information content (AvgIpc) is 2.38. The van der Waals surface area contributed by atoms with E-state index >= 15 is 0 Å². The Hall–Kier alpha value is -2.01. The van der Waals surface area contributed by atoms with E-state index in [0.29, 0.717) is 5.56 Å². The molecule has 0 aliphatic carbocycles. The van der Waals surface area contributed by atoms with Crippen molar-refractivity contribution >= 4 is 17.6 Å². The van der Waals surface area contributed by atoms with Gasteiger partial charge in [0, 0.05) is 18.0 Å². The molecule has 17 heavy (non-hydrogen) atoms. The Morgan fingerprint density at radius 1 is 1.35 bits per heavy atom. The van der Waals surface area contributed by atoms with Gasteiger partial charge in [0.25, 0.3) is 0 Å². The largest absolute Gasteiger partial charge is 0.465 e. The second-order valence-corrected chi connectivity index (χ2v) is 3.51. The Morgan fingerprint density at radius 2 is 2.06 bits per heavy atom. The highest BCUT2D eigenvalue weighted by molar-refractivity contribution is 6.33. The molecule has 2 aromatic rings. The molecule has 0 radical (unpaired) electrons. The van der Waals surface area contributed by atoms with E-state index < -0.39 is 5.97 Å². The van der Waals surface area contributed by atoms with E-state index in [1.165, 1.54) is 13.3 Å². The molecule has 0 bridgehead atoms. The Bertz CT molecular complexity index is 546. The first-order chi connectivity index (χ1) is 8.24. The summed E-state index contributed by atoms with van der Waals surface area (Å²) in [5, 5.41) is 7.38. The lowest BCUT2D eigenvalue weighted by Gasteiger charge is -2.07. The highest BCUT2D eigenvalue weighted by Gasteiger charge is 2.18. The molecule has 2 heterocycles. The summed E-state index contributed by atoms with van der Waals surface area (Å²) in [6.45, 7) is 0. The zero-order valence-electron chi connectivity index (χ0n) is 8.92. The number of hydrogen-bond donors (Lipinski definition) is 0. The maximum Gasteiger partial charge on any atom is 0.341 e. The molecule has 2 aromatic heterocycles. The number of halogens is 1. The van der Waals surface area contributed by atoms with Crippen molar-refractivity contribution in [1.82, 2.24) is 15.2 Å². The molecule has 0 aromatic carbocycles. The maximum absolute atomic E-state index is 11.6. The standard InChI is InChI=1S/C11H8ClN3O2/c1-17-11(16)9-8(6-14-15-10(9)12)7-2-4-13-5-3-7/h2-6H,1H3. The Labute approximate surface area is 102 Å². The SMILES string of the molecule is COC(=O)c1c(-c2ccncc2)cnnc1Cl. The second-order valence-electron chi connectivity index (χ2n) is 3.15. The van der Waals surface area contributed by atoms with Gasteiger partial charge in [0.1, 0.15) is 5.56 Å². The van der Waals surface area contributed by atoms with E-state index in [-0.39, 0.29) is 10.7 Å². The van der Waals surface area contributed by atoms with Crippen molar-refractivity contribution in [1.29, 1.82) is 0 Å². The smallest absolute Gasteiger partial charge is 0.341 e. The highest BCUT2D eigenvalue weighted by atomic mass is 35.5. The van der Waals surface area contributed by atoms with Crippen LogP contribution in [0.2, 0.25) is 5.15 Å². The van der Waals surface area contributed by atoms with Crippen LogP contribution in [-0.4, -0.2) is 28.3 Å². The number of carbonyl (C=O) groups excluding carboxylic acids is 1. The second kappa shape index (κ2) is 4.88. The van der Waals surface area contributed by atoms with Crippen LogP contribution >= 0.6 is 11.6 Å². The highest BCUT2D eigenvalue weighted by Crippen LogP contribution is 2.26. The van der Waals surface area contributed by atoms with Gasteiger partial charge in [0.05, 0.1) is 13.3 Å². The summed E-state index contributed by atoms with van der Waals surface area (Å²) in [6, 6.07) is 3.50. The molecule has 0 unspecified atom stereocenters. The quantitative estimate of drug-likeness (QED) is 0.762. The normalized spacial score (nSPS) is 10.0. The lowest BCUT2D eigenvalue weighted by Crippen LogP contribution is -2.06. The summed E-state index contributed by atoms with van der Waals surface area (Å²) in [7, 11) is 1.29. The molecule has 0 amide bonds. The van der Waals surface area contributed by atoms with Crippen molar-refractivity contribution < 1.29 is 9.53 Å². The lowest BCUT2D eigenvalue weighted by molar-refractivity contribution is 0.0601. The number of methoxy groups -OCH3 is 1.